The van der Waals surface area contributed by atoms with Crippen molar-refractivity contribution in [2.75, 3.05) is 6.61 Å². The molecule has 0 saturated heterocycles. The van der Waals surface area contributed by atoms with Crippen LogP contribution in [0.15, 0.2) is 18.2 Å². The molecule has 1 aromatic rings. The summed E-state index contributed by atoms with van der Waals surface area (Å²) in [7, 11) is 0. The molecule has 0 spiro atoms. The molecular weight excluding hydrogens is 252 g/mol. The van der Waals surface area contributed by atoms with Crippen molar-refractivity contribution < 1.29 is 14.3 Å². The minimum Gasteiger partial charge on any atom is -0.493 e. The Kier molecular flexibility index (Phi) is 4.24. The molecule has 108 valence electrons. The average Bonchev–Trinajstić information content (AvgIpc) is 2.93. The molecule has 1 heterocycles. The molecule has 1 aliphatic carbocycles. The summed E-state index contributed by atoms with van der Waals surface area (Å²) in [6.45, 7) is 0.780. The summed E-state index contributed by atoms with van der Waals surface area (Å²) in [5, 5.41) is 0. The Bertz CT molecular complexity index is 475. The highest BCUT2D eigenvalue weighted by molar-refractivity contribution is 5.70. The van der Waals surface area contributed by atoms with Crippen LogP contribution in [0.25, 0.3) is 0 Å². The molecule has 1 aromatic carbocycles. The third-order valence-corrected chi connectivity index (χ3v) is 4.22. The van der Waals surface area contributed by atoms with E-state index in [2.05, 4.69) is 12.1 Å². The van der Waals surface area contributed by atoms with Crippen molar-refractivity contribution in [1.82, 2.24) is 0 Å². The molecule has 0 atom stereocenters. The van der Waals surface area contributed by atoms with Crippen molar-refractivity contribution in [2.45, 2.75) is 57.5 Å². The number of hydrogen-bond donors (Lipinski definition) is 0. The van der Waals surface area contributed by atoms with Crippen molar-refractivity contribution in [3.8, 4) is 5.75 Å². The molecule has 3 rings (SSSR count). The Labute approximate surface area is 120 Å². The first-order chi connectivity index (χ1) is 9.81. The SMILES string of the molecule is O=C(CCc1ccc2c(c1)CCO2)OC1CCCCC1. The molecule has 2 aliphatic rings. The Morgan fingerprint density at radius 1 is 1.25 bits per heavy atom. The summed E-state index contributed by atoms with van der Waals surface area (Å²) in [4.78, 5) is 11.9. The van der Waals surface area contributed by atoms with Gasteiger partial charge < -0.3 is 9.47 Å². The molecule has 0 radical (unpaired) electrons. The lowest BCUT2D eigenvalue weighted by atomic mass is 9.98. The number of benzene rings is 1. The van der Waals surface area contributed by atoms with Crippen LogP contribution in [0.2, 0.25) is 0 Å². The summed E-state index contributed by atoms with van der Waals surface area (Å²) in [5.74, 6) is 0.951. The van der Waals surface area contributed by atoms with Gasteiger partial charge in [-0.1, -0.05) is 18.6 Å². The minimum atomic E-state index is -0.0475. The second-order valence-corrected chi connectivity index (χ2v) is 5.79. The van der Waals surface area contributed by atoms with Gasteiger partial charge in [0.15, 0.2) is 0 Å². The van der Waals surface area contributed by atoms with Crippen LogP contribution in [0.1, 0.15) is 49.7 Å². The van der Waals surface area contributed by atoms with Crippen molar-refractivity contribution in [3.63, 3.8) is 0 Å². The first-order valence-electron chi connectivity index (χ1n) is 7.75. The molecule has 0 aromatic heterocycles. The quantitative estimate of drug-likeness (QED) is 0.789. The Morgan fingerprint density at radius 3 is 2.95 bits per heavy atom. The van der Waals surface area contributed by atoms with Gasteiger partial charge in [0.1, 0.15) is 11.9 Å². The van der Waals surface area contributed by atoms with Crippen LogP contribution in [-0.2, 0) is 22.4 Å². The summed E-state index contributed by atoms with van der Waals surface area (Å²) in [6, 6.07) is 6.23. The van der Waals surface area contributed by atoms with Crippen molar-refractivity contribution >= 4 is 5.97 Å². The van der Waals surface area contributed by atoms with E-state index in [-0.39, 0.29) is 12.1 Å². The van der Waals surface area contributed by atoms with Gasteiger partial charge >= 0.3 is 5.97 Å². The number of aryl methyl sites for hydroxylation is 1. The second-order valence-electron chi connectivity index (χ2n) is 5.79. The molecule has 3 nitrogen and oxygen atoms in total. The largest absolute Gasteiger partial charge is 0.493 e. The predicted octanol–water partition coefficient (Wildman–Crippen LogP) is 3.43. The van der Waals surface area contributed by atoms with Gasteiger partial charge in [0.05, 0.1) is 6.61 Å². The van der Waals surface area contributed by atoms with Gasteiger partial charge in [0, 0.05) is 12.8 Å². The number of esters is 1. The van der Waals surface area contributed by atoms with Gasteiger partial charge in [0.25, 0.3) is 0 Å². The van der Waals surface area contributed by atoms with Gasteiger partial charge in [-0.05, 0) is 49.3 Å². The number of hydrogen-bond acceptors (Lipinski definition) is 3. The average molecular weight is 274 g/mol. The van der Waals surface area contributed by atoms with E-state index in [9.17, 15) is 4.79 Å². The Morgan fingerprint density at radius 2 is 2.10 bits per heavy atom. The van der Waals surface area contributed by atoms with Crippen LogP contribution in [0, 0.1) is 0 Å². The lowest BCUT2D eigenvalue weighted by Crippen LogP contribution is -2.21. The highest BCUT2D eigenvalue weighted by atomic mass is 16.5. The van der Waals surface area contributed by atoms with E-state index in [1.54, 1.807) is 0 Å². The van der Waals surface area contributed by atoms with Crippen LogP contribution in [0.3, 0.4) is 0 Å². The summed E-state index contributed by atoms with van der Waals surface area (Å²) in [5.41, 5.74) is 2.47. The number of carbonyl (C=O) groups is 1. The zero-order valence-corrected chi connectivity index (χ0v) is 11.9. The van der Waals surface area contributed by atoms with Gasteiger partial charge in [-0.15, -0.1) is 0 Å². The van der Waals surface area contributed by atoms with Crippen molar-refractivity contribution in [2.24, 2.45) is 0 Å². The molecule has 20 heavy (non-hydrogen) atoms. The summed E-state index contributed by atoms with van der Waals surface area (Å²) in [6.07, 6.45) is 8.16. The maximum atomic E-state index is 11.9. The van der Waals surface area contributed by atoms with E-state index in [1.807, 2.05) is 6.07 Å². The van der Waals surface area contributed by atoms with Crippen LogP contribution in [-0.4, -0.2) is 18.7 Å². The van der Waals surface area contributed by atoms with Crippen LogP contribution >= 0.6 is 0 Å². The van der Waals surface area contributed by atoms with E-state index >= 15 is 0 Å². The van der Waals surface area contributed by atoms with E-state index in [0.29, 0.717) is 6.42 Å². The molecule has 1 saturated carbocycles. The van der Waals surface area contributed by atoms with E-state index < -0.39 is 0 Å². The highest BCUT2D eigenvalue weighted by Crippen LogP contribution is 2.26. The Hall–Kier alpha value is -1.51. The van der Waals surface area contributed by atoms with Gasteiger partial charge in [-0.25, -0.2) is 0 Å². The molecule has 3 heteroatoms. The molecular formula is C17H22O3. The second kappa shape index (κ2) is 6.29. The predicted molar refractivity (Wildman–Crippen MR) is 76.9 cm³/mol. The zero-order chi connectivity index (χ0) is 13.8. The maximum absolute atomic E-state index is 11.9. The van der Waals surface area contributed by atoms with E-state index in [4.69, 9.17) is 9.47 Å². The molecule has 0 N–H and O–H groups in total. The van der Waals surface area contributed by atoms with E-state index in [1.165, 1.54) is 30.4 Å². The minimum absolute atomic E-state index is 0.0475. The fourth-order valence-corrected chi connectivity index (χ4v) is 3.07. The number of rotatable bonds is 4. The van der Waals surface area contributed by atoms with Gasteiger partial charge in [-0.2, -0.15) is 0 Å². The molecule has 1 aliphatic heterocycles. The number of carbonyl (C=O) groups excluding carboxylic acids is 1. The van der Waals surface area contributed by atoms with Crippen molar-refractivity contribution in [1.29, 1.82) is 0 Å². The van der Waals surface area contributed by atoms with E-state index in [0.717, 1.165) is 38.0 Å². The lowest BCUT2D eigenvalue weighted by Gasteiger charge is -2.21. The normalized spacial score (nSPS) is 18.4. The number of fused-ring (bicyclic) bond motifs is 1. The van der Waals surface area contributed by atoms with Crippen molar-refractivity contribution in [3.05, 3.63) is 29.3 Å². The zero-order valence-electron chi connectivity index (χ0n) is 11.9. The highest BCUT2D eigenvalue weighted by Gasteiger charge is 2.18. The summed E-state index contributed by atoms with van der Waals surface area (Å²) < 4.78 is 11.0. The molecule has 1 fully saturated rings. The first kappa shape index (κ1) is 13.5. The molecule has 0 bridgehead atoms. The summed E-state index contributed by atoms with van der Waals surface area (Å²) >= 11 is 0. The Balaban J connectivity index is 1.47. The standard InChI is InChI=1S/C17H22O3/c18-17(20-15-4-2-1-3-5-15)9-7-13-6-8-16-14(12-13)10-11-19-16/h6,8,12,15H,1-5,7,9-11H2. The molecule has 0 amide bonds. The third kappa shape index (κ3) is 3.33. The van der Waals surface area contributed by atoms with Crippen LogP contribution in [0.4, 0.5) is 0 Å². The van der Waals surface area contributed by atoms with Crippen LogP contribution < -0.4 is 4.74 Å². The lowest BCUT2D eigenvalue weighted by molar-refractivity contribution is -0.150. The first-order valence-corrected chi connectivity index (χ1v) is 7.75. The van der Waals surface area contributed by atoms with Gasteiger partial charge in [0.2, 0.25) is 0 Å². The smallest absolute Gasteiger partial charge is 0.306 e. The fourth-order valence-electron chi connectivity index (χ4n) is 3.07. The maximum Gasteiger partial charge on any atom is 0.306 e. The van der Waals surface area contributed by atoms with Gasteiger partial charge in [-0.3, -0.25) is 4.79 Å². The fraction of sp³-hybridized carbons (Fsp3) is 0.588. The monoisotopic (exact) mass is 274 g/mol. The molecule has 0 unspecified atom stereocenters. The van der Waals surface area contributed by atoms with Crippen LogP contribution in [0.5, 0.6) is 5.75 Å². The topological polar surface area (TPSA) is 35.5 Å². The third-order valence-electron chi connectivity index (χ3n) is 4.22. The number of ether oxygens (including phenoxy) is 2.